The van der Waals surface area contributed by atoms with Crippen LogP contribution < -0.4 is 16.4 Å². The highest BCUT2D eigenvalue weighted by Crippen LogP contribution is 2.18. The van der Waals surface area contributed by atoms with Crippen molar-refractivity contribution in [1.82, 2.24) is 15.5 Å². The fourth-order valence-corrected chi connectivity index (χ4v) is 2.91. The molecular formula is C16H28N4O5. The molecule has 1 rings (SSSR count). The van der Waals surface area contributed by atoms with E-state index < -0.39 is 24.5 Å². The summed E-state index contributed by atoms with van der Waals surface area (Å²) in [5.41, 5.74) is 5.47. The number of carboxylic acid groups (broad SMARTS) is 1. The second kappa shape index (κ2) is 10.7. The lowest BCUT2D eigenvalue weighted by atomic mass is 9.96. The number of nitrogens with zero attached hydrogens (tertiary/aromatic N) is 1. The summed E-state index contributed by atoms with van der Waals surface area (Å²) in [6.45, 7) is 2.21. The Bertz CT molecular complexity index is 497. The minimum Gasteiger partial charge on any atom is -0.480 e. The van der Waals surface area contributed by atoms with Gasteiger partial charge in [-0.3, -0.25) is 19.2 Å². The molecule has 3 amide bonds. The minimum absolute atomic E-state index is 0.206. The molecule has 9 nitrogen and oxygen atoms in total. The van der Waals surface area contributed by atoms with E-state index >= 15 is 0 Å². The highest BCUT2D eigenvalue weighted by atomic mass is 16.4. The predicted octanol–water partition coefficient (Wildman–Crippen LogP) is -0.940. The van der Waals surface area contributed by atoms with E-state index in [-0.39, 0.29) is 24.3 Å². The summed E-state index contributed by atoms with van der Waals surface area (Å²) < 4.78 is 0. The molecule has 25 heavy (non-hydrogen) atoms. The zero-order chi connectivity index (χ0) is 18.8. The number of piperidine rings is 1. The number of rotatable bonds is 9. The molecule has 1 saturated heterocycles. The lowest BCUT2D eigenvalue weighted by Crippen LogP contribution is -2.52. The van der Waals surface area contributed by atoms with Gasteiger partial charge in [0, 0.05) is 20.0 Å². The molecule has 142 valence electrons. The molecule has 1 heterocycles. The van der Waals surface area contributed by atoms with E-state index in [2.05, 4.69) is 10.6 Å². The van der Waals surface area contributed by atoms with Gasteiger partial charge in [-0.2, -0.15) is 0 Å². The molecule has 0 aromatic rings. The number of unbranched alkanes of at least 4 members (excludes halogenated alkanes) is 1. The Labute approximate surface area is 147 Å². The number of nitrogens with one attached hydrogen (secondary N) is 2. The van der Waals surface area contributed by atoms with E-state index in [1.54, 1.807) is 4.90 Å². The normalized spacial score (nSPS) is 18.3. The molecule has 0 aliphatic carbocycles. The molecule has 0 bridgehead atoms. The van der Waals surface area contributed by atoms with Crippen molar-refractivity contribution in [3.05, 3.63) is 0 Å². The monoisotopic (exact) mass is 356 g/mol. The van der Waals surface area contributed by atoms with Crippen molar-refractivity contribution < 1.29 is 24.3 Å². The summed E-state index contributed by atoms with van der Waals surface area (Å²) in [5, 5.41) is 13.7. The zero-order valence-electron chi connectivity index (χ0n) is 14.6. The molecule has 0 saturated carbocycles. The Kier molecular flexibility index (Phi) is 8.90. The zero-order valence-corrected chi connectivity index (χ0v) is 14.6. The van der Waals surface area contributed by atoms with Crippen LogP contribution in [0.4, 0.5) is 0 Å². The molecule has 1 unspecified atom stereocenters. The summed E-state index contributed by atoms with van der Waals surface area (Å²) in [6.07, 6.45) is 3.26. The van der Waals surface area contributed by atoms with E-state index in [4.69, 9.17) is 10.8 Å². The van der Waals surface area contributed by atoms with Crippen molar-refractivity contribution in [3.63, 3.8) is 0 Å². The van der Waals surface area contributed by atoms with E-state index in [0.29, 0.717) is 32.4 Å². The van der Waals surface area contributed by atoms with Gasteiger partial charge >= 0.3 is 5.97 Å². The fraction of sp³-hybridized carbons (Fsp3) is 0.750. The lowest BCUT2D eigenvalue weighted by Gasteiger charge is -2.34. The second-order valence-corrected chi connectivity index (χ2v) is 6.27. The predicted molar refractivity (Wildman–Crippen MR) is 90.5 cm³/mol. The van der Waals surface area contributed by atoms with Gasteiger partial charge in [0.25, 0.3) is 0 Å². The van der Waals surface area contributed by atoms with Crippen molar-refractivity contribution in [1.29, 1.82) is 0 Å². The van der Waals surface area contributed by atoms with Crippen LogP contribution in [0.3, 0.4) is 0 Å². The van der Waals surface area contributed by atoms with Crippen LogP contribution in [0.2, 0.25) is 0 Å². The van der Waals surface area contributed by atoms with Crippen molar-refractivity contribution in [2.75, 3.05) is 26.2 Å². The van der Waals surface area contributed by atoms with Gasteiger partial charge in [-0.05, 0) is 38.6 Å². The van der Waals surface area contributed by atoms with Gasteiger partial charge in [-0.1, -0.05) is 0 Å². The van der Waals surface area contributed by atoms with Crippen molar-refractivity contribution in [2.24, 2.45) is 11.7 Å². The number of nitrogens with two attached hydrogens (primary N) is 1. The van der Waals surface area contributed by atoms with Crippen LogP contribution in [0.5, 0.6) is 0 Å². The summed E-state index contributed by atoms with van der Waals surface area (Å²) in [7, 11) is 0. The van der Waals surface area contributed by atoms with Gasteiger partial charge in [0.15, 0.2) is 0 Å². The first-order valence-electron chi connectivity index (χ1n) is 8.60. The molecule has 2 atom stereocenters. The van der Waals surface area contributed by atoms with Gasteiger partial charge in [-0.25, -0.2) is 0 Å². The number of carbonyl (C=O) groups excluding carboxylic acids is 3. The Morgan fingerprint density at radius 3 is 2.60 bits per heavy atom. The van der Waals surface area contributed by atoms with Crippen LogP contribution in [0.15, 0.2) is 0 Å². The Morgan fingerprint density at radius 2 is 2.00 bits per heavy atom. The van der Waals surface area contributed by atoms with Gasteiger partial charge in [-0.15, -0.1) is 0 Å². The Hall–Kier alpha value is -2.16. The average molecular weight is 356 g/mol. The van der Waals surface area contributed by atoms with Crippen LogP contribution in [0.25, 0.3) is 0 Å². The Morgan fingerprint density at radius 1 is 1.28 bits per heavy atom. The van der Waals surface area contributed by atoms with Crippen LogP contribution in [0, 0.1) is 5.92 Å². The van der Waals surface area contributed by atoms with E-state index in [1.807, 2.05) is 0 Å². The summed E-state index contributed by atoms with van der Waals surface area (Å²) in [6, 6.07) is -0.620. The number of aliphatic carboxylic acids is 1. The maximum Gasteiger partial charge on any atom is 0.322 e. The van der Waals surface area contributed by atoms with Gasteiger partial charge in [0.05, 0.1) is 5.92 Å². The van der Waals surface area contributed by atoms with E-state index in [0.717, 1.165) is 12.8 Å². The van der Waals surface area contributed by atoms with Crippen molar-refractivity contribution in [3.8, 4) is 0 Å². The van der Waals surface area contributed by atoms with Gasteiger partial charge in [0.2, 0.25) is 17.7 Å². The minimum atomic E-state index is -1.11. The third kappa shape index (κ3) is 7.51. The van der Waals surface area contributed by atoms with Gasteiger partial charge < -0.3 is 26.4 Å². The number of carbonyl (C=O) groups is 4. The highest BCUT2D eigenvalue weighted by Gasteiger charge is 2.32. The number of carboxylic acids is 1. The quantitative estimate of drug-likeness (QED) is 0.393. The van der Waals surface area contributed by atoms with Crippen LogP contribution in [-0.4, -0.2) is 65.9 Å². The van der Waals surface area contributed by atoms with Crippen LogP contribution in [-0.2, 0) is 19.2 Å². The van der Waals surface area contributed by atoms with E-state index in [9.17, 15) is 19.2 Å². The number of hydrogen-bond donors (Lipinski definition) is 4. The van der Waals surface area contributed by atoms with Crippen LogP contribution >= 0.6 is 0 Å². The third-order valence-corrected chi connectivity index (χ3v) is 4.14. The van der Waals surface area contributed by atoms with Gasteiger partial charge in [0.1, 0.15) is 12.6 Å². The largest absolute Gasteiger partial charge is 0.480 e. The first-order valence-corrected chi connectivity index (χ1v) is 8.60. The number of hydrogen-bond acceptors (Lipinski definition) is 5. The lowest BCUT2D eigenvalue weighted by molar-refractivity contribution is -0.141. The first kappa shape index (κ1) is 20.9. The molecule has 0 radical (unpaired) electrons. The highest BCUT2D eigenvalue weighted by molar-refractivity contribution is 5.88. The Balaban J connectivity index is 2.65. The molecule has 5 N–H and O–H groups in total. The van der Waals surface area contributed by atoms with Crippen LogP contribution in [0.1, 0.15) is 39.0 Å². The maximum atomic E-state index is 12.7. The molecule has 0 aromatic carbocycles. The smallest absolute Gasteiger partial charge is 0.322 e. The average Bonchev–Trinajstić information content (AvgIpc) is 2.58. The standard InChI is InChI=1S/C16H28N4O5/c1-11(21)19-13(6-2-3-7-17)16(25)20-8-4-5-12(10-20)15(24)18-9-14(22)23/h12-13H,2-10,17H2,1H3,(H,18,24)(H,19,21)(H,22,23)/t12?,13-/m0/s1. The molecular weight excluding hydrogens is 328 g/mol. The third-order valence-electron chi connectivity index (χ3n) is 4.14. The number of amides is 3. The number of likely N-dealkylation sites (tertiary alicyclic amines) is 1. The molecule has 1 aliphatic rings. The summed E-state index contributed by atoms with van der Waals surface area (Å²) in [4.78, 5) is 48.2. The van der Waals surface area contributed by atoms with Crippen molar-refractivity contribution >= 4 is 23.7 Å². The maximum absolute atomic E-state index is 12.7. The summed E-state index contributed by atoms with van der Waals surface area (Å²) in [5.74, 6) is -2.39. The molecule has 1 aliphatic heterocycles. The summed E-state index contributed by atoms with van der Waals surface area (Å²) >= 11 is 0. The molecule has 9 heteroatoms. The second-order valence-electron chi connectivity index (χ2n) is 6.27. The molecule has 0 spiro atoms. The topological polar surface area (TPSA) is 142 Å². The van der Waals surface area contributed by atoms with E-state index in [1.165, 1.54) is 6.92 Å². The first-order chi connectivity index (χ1) is 11.8. The fourth-order valence-electron chi connectivity index (χ4n) is 2.91. The molecule has 0 aromatic heterocycles. The SMILES string of the molecule is CC(=O)N[C@@H](CCCCN)C(=O)N1CCCC(C(=O)NCC(=O)O)C1. The molecule has 1 fully saturated rings. The van der Waals surface area contributed by atoms with Crippen molar-refractivity contribution in [2.45, 2.75) is 45.1 Å².